The Hall–Kier alpha value is -3.55. The van der Waals surface area contributed by atoms with Crippen molar-refractivity contribution in [2.75, 3.05) is 34.9 Å². The maximum absolute atomic E-state index is 13.5. The lowest BCUT2D eigenvalue weighted by Gasteiger charge is -2.27. The topological polar surface area (TPSA) is 80.7 Å². The van der Waals surface area contributed by atoms with Gasteiger partial charge in [0, 0.05) is 31.0 Å². The summed E-state index contributed by atoms with van der Waals surface area (Å²) in [6.07, 6.45) is 0.824. The predicted octanol–water partition coefficient (Wildman–Crippen LogP) is 4.28. The highest BCUT2D eigenvalue weighted by atomic mass is 16.5. The van der Waals surface area contributed by atoms with E-state index in [-0.39, 0.29) is 23.8 Å². The van der Waals surface area contributed by atoms with Gasteiger partial charge in [0.05, 0.1) is 33.1 Å². The summed E-state index contributed by atoms with van der Waals surface area (Å²) in [4.78, 5) is 27.6. The molecule has 0 spiro atoms. The Morgan fingerprint density at radius 1 is 1.03 bits per heavy atom. The van der Waals surface area contributed by atoms with Crippen molar-refractivity contribution < 1.29 is 23.8 Å². The Labute approximate surface area is 207 Å². The molecule has 3 rings (SSSR count). The first-order chi connectivity index (χ1) is 16.6. The smallest absolute Gasteiger partial charge is 0.262 e. The summed E-state index contributed by atoms with van der Waals surface area (Å²) >= 11 is 0. The van der Waals surface area contributed by atoms with Crippen LogP contribution in [-0.4, -0.2) is 62.4 Å². The van der Waals surface area contributed by atoms with Crippen LogP contribution < -0.4 is 14.2 Å². The number of methoxy groups -OCH3 is 3. The molecule has 1 aliphatic heterocycles. The molecule has 1 atom stereocenters. The van der Waals surface area contributed by atoms with E-state index in [2.05, 4.69) is 0 Å². The molecule has 8 heteroatoms. The van der Waals surface area contributed by atoms with E-state index in [4.69, 9.17) is 19.3 Å². The Balaban J connectivity index is 1.96. The lowest BCUT2D eigenvalue weighted by Crippen LogP contribution is -2.40. The van der Waals surface area contributed by atoms with Crippen LogP contribution >= 0.6 is 0 Å². The van der Waals surface area contributed by atoms with Gasteiger partial charge >= 0.3 is 0 Å². The number of benzene rings is 2. The molecule has 2 aromatic carbocycles. The molecule has 0 saturated heterocycles. The zero-order valence-corrected chi connectivity index (χ0v) is 21.6. The number of likely N-dealkylation sites (N-methyl/N-ethyl adjacent to an activating group) is 1. The third kappa shape index (κ3) is 6.32. The van der Waals surface area contributed by atoms with Gasteiger partial charge in [0.2, 0.25) is 5.91 Å². The van der Waals surface area contributed by atoms with Crippen LogP contribution in [0.3, 0.4) is 0 Å². The van der Waals surface area contributed by atoms with E-state index in [9.17, 15) is 9.59 Å². The van der Waals surface area contributed by atoms with Crippen molar-refractivity contribution in [3.05, 3.63) is 53.6 Å². The fourth-order valence-corrected chi connectivity index (χ4v) is 4.01. The molecule has 35 heavy (non-hydrogen) atoms. The molecule has 2 aromatic rings. The van der Waals surface area contributed by atoms with Gasteiger partial charge in [0.25, 0.3) is 5.91 Å². The highest BCUT2D eigenvalue weighted by Gasteiger charge is 2.36. The number of carbonyl (C=O) groups is 2. The number of nitrogens with zero attached hydrogens (tertiary/aromatic N) is 3. The lowest BCUT2D eigenvalue weighted by atomic mass is 9.92. The molecule has 188 valence electrons. The van der Waals surface area contributed by atoms with E-state index in [1.165, 1.54) is 9.91 Å². The van der Waals surface area contributed by atoms with Gasteiger partial charge in [-0.1, -0.05) is 32.9 Å². The second-order valence-corrected chi connectivity index (χ2v) is 9.83. The van der Waals surface area contributed by atoms with Crippen LogP contribution in [0, 0.1) is 5.41 Å². The Kier molecular flexibility index (Phi) is 8.04. The summed E-state index contributed by atoms with van der Waals surface area (Å²) < 4.78 is 16.4. The molecule has 1 aliphatic rings. The fourth-order valence-electron chi connectivity index (χ4n) is 4.01. The molecule has 0 aliphatic carbocycles. The maximum atomic E-state index is 13.5. The van der Waals surface area contributed by atoms with Crippen LogP contribution in [0.2, 0.25) is 0 Å². The summed E-state index contributed by atoms with van der Waals surface area (Å²) in [5.41, 5.74) is 2.22. The van der Waals surface area contributed by atoms with E-state index in [1.54, 1.807) is 28.4 Å². The van der Waals surface area contributed by atoms with Gasteiger partial charge in [-0.15, -0.1) is 0 Å². The molecule has 0 aromatic heterocycles. The number of carbonyl (C=O) groups excluding carboxylic acids is 2. The first-order valence-electron chi connectivity index (χ1n) is 11.6. The molecule has 8 nitrogen and oxygen atoms in total. The summed E-state index contributed by atoms with van der Waals surface area (Å²) in [5, 5.41) is 6.19. The minimum atomic E-state index is -0.417. The molecule has 0 saturated carbocycles. The summed E-state index contributed by atoms with van der Waals surface area (Å²) in [7, 11) is 6.45. The van der Waals surface area contributed by atoms with E-state index in [0.29, 0.717) is 30.1 Å². The van der Waals surface area contributed by atoms with Gasteiger partial charge in [-0.25, -0.2) is 5.01 Å². The van der Waals surface area contributed by atoms with E-state index in [0.717, 1.165) is 16.8 Å². The lowest BCUT2D eigenvalue weighted by molar-refractivity contribution is -0.141. The second-order valence-electron chi connectivity index (χ2n) is 9.83. The number of ether oxygens (including phenoxy) is 3. The largest absolute Gasteiger partial charge is 0.497 e. The number of hydrazone groups is 1. The highest BCUT2D eigenvalue weighted by molar-refractivity contribution is 6.03. The van der Waals surface area contributed by atoms with Crippen LogP contribution in [-0.2, 0) is 9.59 Å². The van der Waals surface area contributed by atoms with Gasteiger partial charge in [0.1, 0.15) is 23.8 Å². The van der Waals surface area contributed by atoms with Gasteiger partial charge in [-0.2, -0.15) is 5.10 Å². The van der Waals surface area contributed by atoms with Crippen LogP contribution in [0.1, 0.15) is 50.8 Å². The van der Waals surface area contributed by atoms with Gasteiger partial charge in [-0.05, 0) is 35.7 Å². The van der Waals surface area contributed by atoms with E-state index in [1.807, 2.05) is 63.2 Å². The molecule has 0 radical (unpaired) electrons. The average Bonchev–Trinajstić information content (AvgIpc) is 3.28. The maximum Gasteiger partial charge on any atom is 0.262 e. The summed E-state index contributed by atoms with van der Waals surface area (Å²) in [6, 6.07) is 12.7. The third-order valence-corrected chi connectivity index (χ3v) is 5.84. The SMILES string of the molecule is COc1cccc(C2=NN(C(=O)CN(C)C(=O)CC(C)(C)C)[C@H](c3cc(OC)ccc3OC)C2)c1. The Bertz CT molecular complexity index is 1110. The minimum absolute atomic E-state index is 0.0768. The number of hydrogen-bond acceptors (Lipinski definition) is 6. The number of hydrogen-bond donors (Lipinski definition) is 0. The van der Waals surface area contributed by atoms with Crippen molar-refractivity contribution in [2.24, 2.45) is 10.5 Å². The first-order valence-corrected chi connectivity index (χ1v) is 11.6. The van der Waals surface area contributed by atoms with E-state index < -0.39 is 6.04 Å². The standard InChI is InChI=1S/C27H35N3O5/c1-27(2,3)16-25(31)29(4)17-26(32)30-23(21-14-20(34-6)11-12-24(21)35-7)15-22(28-30)18-9-8-10-19(13-18)33-5/h8-14,23H,15-17H2,1-7H3/t23-/m0/s1. The number of rotatable bonds is 8. The molecular weight excluding hydrogens is 446 g/mol. The van der Waals surface area contributed by atoms with Crippen LogP contribution in [0.5, 0.6) is 17.2 Å². The molecular formula is C27H35N3O5. The number of amides is 2. The van der Waals surface area contributed by atoms with Crippen molar-refractivity contribution in [1.29, 1.82) is 0 Å². The quantitative estimate of drug-likeness (QED) is 0.562. The van der Waals surface area contributed by atoms with Crippen molar-refractivity contribution in [1.82, 2.24) is 9.91 Å². The van der Waals surface area contributed by atoms with Gasteiger partial charge in [-0.3, -0.25) is 9.59 Å². The fraction of sp³-hybridized carbons (Fsp3) is 0.444. The molecule has 1 heterocycles. The monoisotopic (exact) mass is 481 g/mol. The van der Waals surface area contributed by atoms with Gasteiger partial charge in [0.15, 0.2) is 0 Å². The molecule has 2 amide bonds. The third-order valence-electron chi connectivity index (χ3n) is 5.84. The van der Waals surface area contributed by atoms with Crippen molar-refractivity contribution in [2.45, 2.75) is 39.7 Å². The average molecular weight is 482 g/mol. The molecule has 0 bridgehead atoms. The first kappa shape index (κ1) is 26.1. The van der Waals surface area contributed by atoms with Crippen molar-refractivity contribution in [3.8, 4) is 17.2 Å². The summed E-state index contributed by atoms with van der Waals surface area (Å²) in [6.45, 7) is 5.91. The summed E-state index contributed by atoms with van der Waals surface area (Å²) in [5.74, 6) is 1.63. The molecule has 0 N–H and O–H groups in total. The minimum Gasteiger partial charge on any atom is -0.497 e. The van der Waals surface area contributed by atoms with Crippen LogP contribution in [0.15, 0.2) is 47.6 Å². The second kappa shape index (κ2) is 10.8. The van der Waals surface area contributed by atoms with Crippen LogP contribution in [0.4, 0.5) is 0 Å². The Morgan fingerprint density at radius 3 is 2.34 bits per heavy atom. The molecule has 0 fully saturated rings. The zero-order chi connectivity index (χ0) is 25.8. The molecule has 0 unspecified atom stereocenters. The highest BCUT2D eigenvalue weighted by Crippen LogP contribution is 2.39. The Morgan fingerprint density at radius 2 is 1.71 bits per heavy atom. The van der Waals surface area contributed by atoms with E-state index >= 15 is 0 Å². The van der Waals surface area contributed by atoms with Crippen LogP contribution in [0.25, 0.3) is 0 Å². The predicted molar refractivity (Wildman–Crippen MR) is 135 cm³/mol. The zero-order valence-electron chi connectivity index (χ0n) is 21.6. The normalized spacial score (nSPS) is 15.5. The van der Waals surface area contributed by atoms with Crippen molar-refractivity contribution >= 4 is 17.5 Å². The van der Waals surface area contributed by atoms with Gasteiger partial charge < -0.3 is 19.1 Å². The van der Waals surface area contributed by atoms with Crippen molar-refractivity contribution in [3.63, 3.8) is 0 Å².